The molecule has 2 atom stereocenters. The van der Waals surface area contributed by atoms with E-state index in [2.05, 4.69) is 4.74 Å². The van der Waals surface area contributed by atoms with Crippen molar-refractivity contribution in [3.05, 3.63) is 0 Å². The lowest BCUT2D eigenvalue weighted by Crippen LogP contribution is -2.34. The molecule has 0 spiro atoms. The molecule has 2 unspecified atom stereocenters. The number of hydrogen-bond acceptors (Lipinski definition) is 5. The molecular formula is C6H8O6. The molecule has 0 aliphatic carbocycles. The molecule has 0 aromatic rings. The highest BCUT2D eigenvalue weighted by molar-refractivity contribution is 5.82. The lowest BCUT2D eigenvalue weighted by molar-refractivity contribution is -0.171. The average molecular weight is 176 g/mol. The zero-order valence-corrected chi connectivity index (χ0v) is 6.01. The third-order valence-corrected chi connectivity index (χ3v) is 1.66. The van der Waals surface area contributed by atoms with Gasteiger partial charge in [-0.1, -0.05) is 0 Å². The minimum atomic E-state index is -1.93. The number of carbonyl (C=O) groups is 2. The van der Waals surface area contributed by atoms with Gasteiger partial charge in [0, 0.05) is 0 Å². The third kappa shape index (κ3) is 1.54. The van der Waals surface area contributed by atoms with E-state index < -0.39 is 30.3 Å². The van der Waals surface area contributed by atoms with Gasteiger partial charge in [-0.05, 0) is 0 Å². The van der Waals surface area contributed by atoms with Crippen LogP contribution in [0.2, 0.25) is 0 Å². The normalized spacial score (nSPS) is 29.1. The number of aliphatic carboxylic acids is 1. The summed E-state index contributed by atoms with van der Waals surface area (Å²) in [5.74, 6) is -3.14. The Hall–Kier alpha value is -1.14. The molecule has 0 radical (unpaired) electrons. The van der Waals surface area contributed by atoms with Gasteiger partial charge in [-0.25, -0.2) is 0 Å². The van der Waals surface area contributed by atoms with Crippen LogP contribution in [-0.2, 0) is 14.3 Å². The molecule has 1 aliphatic rings. The molecule has 0 aromatic heterocycles. The molecule has 1 saturated heterocycles. The number of rotatable bonds is 2. The topological polar surface area (TPSA) is 104 Å². The van der Waals surface area contributed by atoms with Gasteiger partial charge in [0.2, 0.25) is 0 Å². The van der Waals surface area contributed by atoms with Crippen molar-refractivity contribution in [3.8, 4) is 0 Å². The van der Waals surface area contributed by atoms with Crippen molar-refractivity contribution in [2.75, 3.05) is 0 Å². The van der Waals surface area contributed by atoms with Gasteiger partial charge in [-0.2, -0.15) is 0 Å². The van der Waals surface area contributed by atoms with E-state index in [9.17, 15) is 9.59 Å². The largest absolute Gasteiger partial charge is 0.481 e. The van der Waals surface area contributed by atoms with Crippen LogP contribution in [0.15, 0.2) is 0 Å². The summed E-state index contributed by atoms with van der Waals surface area (Å²) in [5, 5.41) is 25.7. The van der Waals surface area contributed by atoms with Crippen molar-refractivity contribution in [3.63, 3.8) is 0 Å². The fourth-order valence-corrected chi connectivity index (χ4v) is 1.07. The van der Waals surface area contributed by atoms with Gasteiger partial charge in [0.15, 0.2) is 12.4 Å². The first-order valence-corrected chi connectivity index (χ1v) is 3.31. The van der Waals surface area contributed by atoms with Gasteiger partial charge >= 0.3 is 11.9 Å². The number of esters is 1. The number of hydrogen-bond donors (Lipinski definition) is 3. The Morgan fingerprint density at radius 3 is 2.50 bits per heavy atom. The Balaban J connectivity index is 2.72. The summed E-state index contributed by atoms with van der Waals surface area (Å²) in [4.78, 5) is 21.0. The quantitative estimate of drug-likeness (QED) is 0.342. The van der Waals surface area contributed by atoms with E-state index in [1.54, 1.807) is 0 Å². The number of cyclic esters (lactones) is 1. The molecule has 1 aliphatic heterocycles. The summed E-state index contributed by atoms with van der Waals surface area (Å²) in [6.45, 7) is 0. The highest BCUT2D eigenvalue weighted by atomic mass is 16.6. The predicted octanol–water partition coefficient (Wildman–Crippen LogP) is -1.69. The number of carbonyl (C=O) groups excluding carboxylic acids is 1. The van der Waals surface area contributed by atoms with Crippen molar-refractivity contribution in [1.82, 2.24) is 0 Å². The van der Waals surface area contributed by atoms with E-state index in [1.165, 1.54) is 0 Å². The SMILES string of the molecule is O=C1CC(C(=O)O)C(C(O)O)O1. The molecule has 1 heterocycles. The van der Waals surface area contributed by atoms with Crippen LogP contribution in [-0.4, -0.2) is 39.7 Å². The number of carboxylic acid groups (broad SMARTS) is 1. The van der Waals surface area contributed by atoms with E-state index in [0.29, 0.717) is 0 Å². The fraction of sp³-hybridized carbons (Fsp3) is 0.667. The van der Waals surface area contributed by atoms with Crippen LogP contribution in [0.3, 0.4) is 0 Å². The predicted molar refractivity (Wildman–Crippen MR) is 33.8 cm³/mol. The lowest BCUT2D eigenvalue weighted by Gasteiger charge is -2.14. The van der Waals surface area contributed by atoms with Gasteiger partial charge in [-0.3, -0.25) is 9.59 Å². The first-order valence-electron chi connectivity index (χ1n) is 3.31. The molecule has 0 saturated carbocycles. The Bertz CT molecular complexity index is 210. The van der Waals surface area contributed by atoms with Gasteiger partial charge < -0.3 is 20.1 Å². The zero-order chi connectivity index (χ0) is 9.30. The maximum atomic E-state index is 10.6. The molecule has 12 heavy (non-hydrogen) atoms. The van der Waals surface area contributed by atoms with Gasteiger partial charge in [0.25, 0.3) is 0 Å². The zero-order valence-electron chi connectivity index (χ0n) is 6.01. The van der Waals surface area contributed by atoms with E-state index in [-0.39, 0.29) is 6.42 Å². The molecule has 68 valence electrons. The van der Waals surface area contributed by atoms with Crippen LogP contribution in [0, 0.1) is 5.92 Å². The molecule has 0 amide bonds. The van der Waals surface area contributed by atoms with Crippen molar-refractivity contribution in [2.45, 2.75) is 18.8 Å². The van der Waals surface area contributed by atoms with Gasteiger partial charge in [0.05, 0.1) is 6.42 Å². The Labute approximate surface area is 67.4 Å². The Morgan fingerprint density at radius 1 is 1.58 bits per heavy atom. The summed E-state index contributed by atoms with van der Waals surface area (Å²) in [5.41, 5.74) is 0. The standard InChI is InChI=1S/C6H8O6/c7-3-1-2(5(8)9)4(12-3)6(10)11/h2,4,6,10-11H,1H2,(H,8,9). The van der Waals surface area contributed by atoms with Gasteiger partial charge in [-0.15, -0.1) is 0 Å². The highest BCUT2D eigenvalue weighted by Crippen LogP contribution is 2.24. The summed E-state index contributed by atoms with van der Waals surface area (Å²) in [7, 11) is 0. The number of ether oxygens (including phenoxy) is 1. The van der Waals surface area contributed by atoms with Crippen LogP contribution in [0.25, 0.3) is 0 Å². The summed E-state index contributed by atoms with van der Waals surface area (Å²) in [6.07, 6.45) is -3.58. The maximum Gasteiger partial charge on any atom is 0.311 e. The Morgan fingerprint density at radius 2 is 2.17 bits per heavy atom. The Kier molecular flexibility index (Phi) is 2.30. The van der Waals surface area contributed by atoms with Crippen LogP contribution < -0.4 is 0 Å². The van der Waals surface area contributed by atoms with Crippen LogP contribution in [0.4, 0.5) is 0 Å². The lowest BCUT2D eigenvalue weighted by atomic mass is 10.0. The van der Waals surface area contributed by atoms with Crippen molar-refractivity contribution in [1.29, 1.82) is 0 Å². The van der Waals surface area contributed by atoms with E-state index in [0.717, 1.165) is 0 Å². The first-order chi connectivity index (χ1) is 5.52. The van der Waals surface area contributed by atoms with Crippen molar-refractivity contribution >= 4 is 11.9 Å². The minimum absolute atomic E-state index is 0.308. The molecular weight excluding hydrogens is 168 g/mol. The second-order valence-corrected chi connectivity index (χ2v) is 2.52. The van der Waals surface area contributed by atoms with Crippen molar-refractivity contribution < 1.29 is 29.6 Å². The molecule has 1 rings (SSSR count). The van der Waals surface area contributed by atoms with E-state index >= 15 is 0 Å². The number of carboxylic acids is 1. The van der Waals surface area contributed by atoms with Gasteiger partial charge in [0.1, 0.15) is 5.92 Å². The smallest absolute Gasteiger partial charge is 0.311 e. The van der Waals surface area contributed by atoms with Crippen LogP contribution in [0.1, 0.15) is 6.42 Å². The second kappa shape index (κ2) is 3.08. The van der Waals surface area contributed by atoms with Crippen LogP contribution >= 0.6 is 0 Å². The molecule has 6 heteroatoms. The summed E-state index contributed by atoms with van der Waals surface area (Å²) < 4.78 is 4.38. The summed E-state index contributed by atoms with van der Waals surface area (Å²) >= 11 is 0. The average Bonchev–Trinajstić information content (AvgIpc) is 2.31. The number of aliphatic hydroxyl groups excluding tert-OH is 1. The first kappa shape index (κ1) is 8.95. The third-order valence-electron chi connectivity index (χ3n) is 1.66. The summed E-state index contributed by atoms with van der Waals surface area (Å²) in [6, 6.07) is 0. The molecule has 6 nitrogen and oxygen atoms in total. The number of aliphatic hydroxyl groups is 2. The molecule has 3 N–H and O–H groups in total. The van der Waals surface area contributed by atoms with Crippen molar-refractivity contribution in [2.24, 2.45) is 5.92 Å². The minimum Gasteiger partial charge on any atom is -0.481 e. The monoisotopic (exact) mass is 176 g/mol. The molecule has 0 bridgehead atoms. The fourth-order valence-electron chi connectivity index (χ4n) is 1.07. The van der Waals surface area contributed by atoms with E-state index in [4.69, 9.17) is 15.3 Å². The van der Waals surface area contributed by atoms with E-state index in [1.807, 2.05) is 0 Å². The van der Waals surface area contributed by atoms with Crippen LogP contribution in [0.5, 0.6) is 0 Å². The highest BCUT2D eigenvalue weighted by Gasteiger charge is 2.43. The maximum absolute atomic E-state index is 10.6. The molecule has 0 aromatic carbocycles. The second-order valence-electron chi connectivity index (χ2n) is 2.52. The molecule has 1 fully saturated rings.